The van der Waals surface area contributed by atoms with Crippen molar-refractivity contribution < 1.29 is 19.4 Å². The third kappa shape index (κ3) is 2.16. The Morgan fingerprint density at radius 2 is 2.25 bits per heavy atom. The molecule has 0 fully saturated rings. The number of rotatable bonds is 5. The van der Waals surface area contributed by atoms with Gasteiger partial charge in [-0.15, -0.1) is 5.10 Å². The number of nitrogens with zero attached hydrogens (tertiary/aromatic N) is 3. The van der Waals surface area contributed by atoms with Crippen LogP contribution in [0.1, 0.15) is 29.1 Å². The number of carbonyl (C=O) groups is 2. The predicted octanol–water partition coefficient (Wildman–Crippen LogP) is -0.831. The lowest BCUT2D eigenvalue weighted by atomic mass is 10.2. The van der Waals surface area contributed by atoms with Crippen molar-refractivity contribution in [1.82, 2.24) is 15.0 Å². The fourth-order valence-electron chi connectivity index (χ4n) is 1.18. The van der Waals surface area contributed by atoms with Crippen LogP contribution in [-0.4, -0.2) is 39.1 Å². The van der Waals surface area contributed by atoms with Crippen LogP contribution in [0, 0.1) is 0 Å². The number of carboxylic acid groups (broad SMARTS) is 1. The lowest BCUT2D eigenvalue weighted by Crippen LogP contribution is -2.26. The van der Waals surface area contributed by atoms with E-state index < -0.39 is 17.9 Å². The first-order chi connectivity index (χ1) is 7.49. The Morgan fingerprint density at radius 1 is 1.62 bits per heavy atom. The summed E-state index contributed by atoms with van der Waals surface area (Å²) in [4.78, 5) is 21.8. The molecule has 8 heteroatoms. The number of hydrogen-bond donors (Lipinski definition) is 2. The Hall–Kier alpha value is -1.96. The molecule has 1 aromatic heterocycles. The first kappa shape index (κ1) is 12.1. The third-order valence-electron chi connectivity index (χ3n) is 2.05. The summed E-state index contributed by atoms with van der Waals surface area (Å²) in [5.41, 5.74) is 5.07. The van der Waals surface area contributed by atoms with E-state index in [0.717, 1.165) is 4.68 Å². The van der Waals surface area contributed by atoms with Crippen LogP contribution >= 0.6 is 0 Å². The van der Waals surface area contributed by atoms with E-state index in [2.05, 4.69) is 10.3 Å². The summed E-state index contributed by atoms with van der Waals surface area (Å²) in [6.07, 6.45) is 0. The minimum absolute atomic E-state index is 0.00769. The lowest BCUT2D eigenvalue weighted by Gasteiger charge is -2.10. The van der Waals surface area contributed by atoms with Gasteiger partial charge in [0.15, 0.2) is 5.69 Å². The van der Waals surface area contributed by atoms with E-state index in [0.29, 0.717) is 0 Å². The Labute approximate surface area is 91.0 Å². The smallest absolute Gasteiger partial charge is 0.358 e. The molecule has 0 aliphatic heterocycles. The second-order valence-electron chi connectivity index (χ2n) is 3.15. The number of aromatic carboxylic acids is 1. The monoisotopic (exact) mass is 228 g/mol. The highest BCUT2D eigenvalue weighted by molar-refractivity contribution is 5.86. The van der Waals surface area contributed by atoms with Crippen molar-refractivity contribution in [2.75, 3.05) is 7.11 Å². The molecule has 0 saturated heterocycles. The minimum atomic E-state index is -1.23. The molecule has 0 bridgehead atoms. The van der Waals surface area contributed by atoms with Crippen LogP contribution in [0.25, 0.3) is 0 Å². The van der Waals surface area contributed by atoms with E-state index in [1.165, 1.54) is 14.0 Å². The second kappa shape index (κ2) is 4.71. The van der Waals surface area contributed by atoms with Crippen molar-refractivity contribution in [3.63, 3.8) is 0 Å². The van der Waals surface area contributed by atoms with Crippen LogP contribution in [0.2, 0.25) is 0 Å². The molecule has 88 valence electrons. The van der Waals surface area contributed by atoms with E-state index in [4.69, 9.17) is 15.6 Å². The third-order valence-corrected chi connectivity index (χ3v) is 2.05. The number of aromatic nitrogens is 3. The zero-order chi connectivity index (χ0) is 12.3. The van der Waals surface area contributed by atoms with E-state index in [1.54, 1.807) is 0 Å². The molecule has 1 heterocycles. The van der Waals surface area contributed by atoms with Gasteiger partial charge in [0, 0.05) is 7.11 Å². The number of ether oxygens (including phenoxy) is 1. The highest BCUT2D eigenvalue weighted by Crippen LogP contribution is 2.12. The standard InChI is InChI=1S/C8H12N4O4/c1-4(7(9)13)12-5(3-16-2)6(8(14)15)10-11-12/h4H,3H2,1-2H3,(H2,9,13)(H,14,15). The molecule has 1 rings (SSSR count). The van der Waals surface area contributed by atoms with E-state index in [1.807, 2.05) is 0 Å². The lowest BCUT2D eigenvalue weighted by molar-refractivity contribution is -0.121. The largest absolute Gasteiger partial charge is 0.476 e. The molecular weight excluding hydrogens is 216 g/mol. The molecule has 1 unspecified atom stereocenters. The summed E-state index contributed by atoms with van der Waals surface area (Å²) in [5, 5.41) is 15.9. The van der Waals surface area contributed by atoms with Gasteiger partial charge in [-0.25, -0.2) is 9.48 Å². The molecule has 1 atom stereocenters. The number of methoxy groups -OCH3 is 1. The zero-order valence-electron chi connectivity index (χ0n) is 8.88. The van der Waals surface area contributed by atoms with Crippen LogP contribution in [0.5, 0.6) is 0 Å². The predicted molar refractivity (Wildman–Crippen MR) is 51.6 cm³/mol. The van der Waals surface area contributed by atoms with Crippen LogP contribution in [0.3, 0.4) is 0 Å². The van der Waals surface area contributed by atoms with Gasteiger partial charge >= 0.3 is 5.97 Å². The number of carboxylic acids is 1. The highest BCUT2D eigenvalue weighted by Gasteiger charge is 2.23. The van der Waals surface area contributed by atoms with Crippen LogP contribution in [0.15, 0.2) is 0 Å². The number of carbonyl (C=O) groups excluding carboxylic acids is 1. The molecule has 8 nitrogen and oxygen atoms in total. The van der Waals surface area contributed by atoms with Crippen LogP contribution < -0.4 is 5.73 Å². The normalized spacial score (nSPS) is 12.4. The zero-order valence-corrected chi connectivity index (χ0v) is 8.88. The molecular formula is C8H12N4O4. The van der Waals surface area contributed by atoms with Gasteiger partial charge in [0.25, 0.3) is 0 Å². The maximum atomic E-state index is 11.0. The number of hydrogen-bond acceptors (Lipinski definition) is 5. The number of nitrogens with two attached hydrogens (primary N) is 1. The van der Waals surface area contributed by atoms with Crippen molar-refractivity contribution >= 4 is 11.9 Å². The highest BCUT2D eigenvalue weighted by atomic mass is 16.5. The van der Waals surface area contributed by atoms with Crippen molar-refractivity contribution in [3.05, 3.63) is 11.4 Å². The average Bonchev–Trinajstić information content (AvgIpc) is 2.61. The summed E-state index contributed by atoms with van der Waals surface area (Å²) >= 11 is 0. The Kier molecular flexibility index (Phi) is 3.56. The van der Waals surface area contributed by atoms with Gasteiger partial charge in [-0.3, -0.25) is 4.79 Å². The Morgan fingerprint density at radius 3 is 2.69 bits per heavy atom. The number of amides is 1. The summed E-state index contributed by atoms with van der Waals surface area (Å²) in [7, 11) is 1.40. The maximum absolute atomic E-state index is 11.0. The van der Waals surface area contributed by atoms with Gasteiger partial charge in [0.2, 0.25) is 5.91 Å². The second-order valence-corrected chi connectivity index (χ2v) is 3.15. The van der Waals surface area contributed by atoms with Crippen LogP contribution in [0.4, 0.5) is 0 Å². The molecule has 0 aliphatic rings. The first-order valence-corrected chi connectivity index (χ1v) is 4.44. The summed E-state index contributed by atoms with van der Waals surface area (Å²) in [5.74, 6) is -1.85. The fraction of sp³-hybridized carbons (Fsp3) is 0.500. The van der Waals surface area contributed by atoms with E-state index >= 15 is 0 Å². The Bertz CT molecular complexity index is 414. The molecule has 0 aromatic carbocycles. The fourth-order valence-corrected chi connectivity index (χ4v) is 1.18. The maximum Gasteiger partial charge on any atom is 0.358 e. The van der Waals surface area contributed by atoms with Gasteiger partial charge in [-0.2, -0.15) is 0 Å². The molecule has 3 N–H and O–H groups in total. The summed E-state index contributed by atoms with van der Waals surface area (Å²) in [6, 6.07) is -0.772. The minimum Gasteiger partial charge on any atom is -0.476 e. The van der Waals surface area contributed by atoms with Crippen molar-refractivity contribution in [3.8, 4) is 0 Å². The van der Waals surface area contributed by atoms with Gasteiger partial charge in [-0.1, -0.05) is 5.21 Å². The molecule has 1 amide bonds. The van der Waals surface area contributed by atoms with Crippen molar-refractivity contribution in [2.45, 2.75) is 19.6 Å². The van der Waals surface area contributed by atoms with Gasteiger partial charge in [0.05, 0.1) is 6.61 Å². The molecule has 0 aliphatic carbocycles. The van der Waals surface area contributed by atoms with Crippen molar-refractivity contribution in [2.24, 2.45) is 5.73 Å². The van der Waals surface area contributed by atoms with E-state index in [-0.39, 0.29) is 18.0 Å². The average molecular weight is 228 g/mol. The molecule has 0 spiro atoms. The van der Waals surface area contributed by atoms with Gasteiger partial charge in [-0.05, 0) is 6.92 Å². The topological polar surface area (TPSA) is 120 Å². The number of primary amides is 1. The van der Waals surface area contributed by atoms with E-state index in [9.17, 15) is 9.59 Å². The van der Waals surface area contributed by atoms with Crippen molar-refractivity contribution in [1.29, 1.82) is 0 Å². The molecule has 1 aromatic rings. The SMILES string of the molecule is COCc1c(C(=O)O)nnn1C(C)C(N)=O. The molecule has 0 saturated carbocycles. The summed E-state index contributed by atoms with van der Waals surface area (Å²) in [6.45, 7) is 1.49. The van der Waals surface area contributed by atoms with Crippen LogP contribution in [-0.2, 0) is 16.1 Å². The quantitative estimate of drug-likeness (QED) is 0.678. The first-order valence-electron chi connectivity index (χ1n) is 4.44. The Balaban J connectivity index is 3.19. The van der Waals surface area contributed by atoms with Gasteiger partial charge in [0.1, 0.15) is 11.7 Å². The molecule has 0 radical (unpaired) electrons. The summed E-state index contributed by atoms with van der Waals surface area (Å²) < 4.78 is 5.98. The van der Waals surface area contributed by atoms with Gasteiger partial charge < -0.3 is 15.6 Å². The molecule has 16 heavy (non-hydrogen) atoms.